The summed E-state index contributed by atoms with van der Waals surface area (Å²) in [5.41, 5.74) is -0.473. The molecule has 1 heterocycles. The molecule has 1 atom stereocenters. The fourth-order valence-electron chi connectivity index (χ4n) is 1.53. The van der Waals surface area contributed by atoms with Gasteiger partial charge in [0.2, 0.25) is 0 Å². The highest BCUT2D eigenvalue weighted by Gasteiger charge is 2.29. The summed E-state index contributed by atoms with van der Waals surface area (Å²) < 4.78 is 10.5. The standard InChI is InChI=1S/C11H19NO4.C2H6/c1-11(2,3)16-10(14)12-5-4-9(8-12)15-7-6-13;1-2/h6,9H,4-5,7-8H2,1-3H3;1-2H3. The molecule has 106 valence electrons. The zero-order chi connectivity index (χ0) is 14.2. The van der Waals surface area contributed by atoms with E-state index in [-0.39, 0.29) is 18.8 Å². The summed E-state index contributed by atoms with van der Waals surface area (Å²) in [7, 11) is 0. The van der Waals surface area contributed by atoms with Crippen molar-refractivity contribution < 1.29 is 19.1 Å². The molecule has 0 radical (unpaired) electrons. The van der Waals surface area contributed by atoms with Gasteiger partial charge in [0.1, 0.15) is 18.5 Å². The van der Waals surface area contributed by atoms with Crippen molar-refractivity contribution in [2.75, 3.05) is 19.7 Å². The first-order chi connectivity index (χ1) is 8.42. The van der Waals surface area contributed by atoms with Crippen LogP contribution in [0, 0.1) is 0 Å². The van der Waals surface area contributed by atoms with Crippen molar-refractivity contribution in [2.45, 2.75) is 52.7 Å². The zero-order valence-corrected chi connectivity index (χ0v) is 12.1. The van der Waals surface area contributed by atoms with E-state index >= 15 is 0 Å². The Kier molecular flexibility index (Phi) is 7.59. The minimum Gasteiger partial charge on any atom is -0.444 e. The van der Waals surface area contributed by atoms with E-state index in [0.717, 1.165) is 12.7 Å². The molecule has 1 fully saturated rings. The third kappa shape index (κ3) is 6.59. The molecule has 0 spiro atoms. The van der Waals surface area contributed by atoms with E-state index in [4.69, 9.17) is 9.47 Å². The van der Waals surface area contributed by atoms with Gasteiger partial charge in [0.05, 0.1) is 12.6 Å². The van der Waals surface area contributed by atoms with E-state index in [1.165, 1.54) is 0 Å². The van der Waals surface area contributed by atoms with Gasteiger partial charge in [-0.2, -0.15) is 0 Å². The number of hydrogen-bond acceptors (Lipinski definition) is 4. The second kappa shape index (κ2) is 8.08. The maximum atomic E-state index is 11.7. The number of carbonyl (C=O) groups excluding carboxylic acids is 2. The van der Waals surface area contributed by atoms with E-state index in [0.29, 0.717) is 13.1 Å². The highest BCUT2D eigenvalue weighted by molar-refractivity contribution is 5.68. The summed E-state index contributed by atoms with van der Waals surface area (Å²) in [6, 6.07) is 0. The molecule has 0 aromatic heterocycles. The first-order valence-electron chi connectivity index (χ1n) is 6.45. The first-order valence-corrected chi connectivity index (χ1v) is 6.45. The van der Waals surface area contributed by atoms with Crippen molar-refractivity contribution in [2.24, 2.45) is 0 Å². The molecule has 1 aliphatic heterocycles. The molecule has 0 bridgehead atoms. The van der Waals surface area contributed by atoms with Crippen LogP contribution in [0.25, 0.3) is 0 Å². The van der Waals surface area contributed by atoms with Crippen molar-refractivity contribution in [3.8, 4) is 0 Å². The molecular weight excluding hydrogens is 234 g/mol. The summed E-state index contributed by atoms with van der Waals surface area (Å²) in [5, 5.41) is 0. The zero-order valence-electron chi connectivity index (χ0n) is 12.1. The maximum Gasteiger partial charge on any atom is 0.410 e. The minimum absolute atomic E-state index is 0.0438. The van der Waals surface area contributed by atoms with Crippen LogP contribution < -0.4 is 0 Å². The number of amides is 1. The quantitative estimate of drug-likeness (QED) is 0.729. The number of aldehydes is 1. The molecule has 1 unspecified atom stereocenters. The second-order valence-corrected chi connectivity index (χ2v) is 4.84. The van der Waals surface area contributed by atoms with Crippen LogP contribution in [0.2, 0.25) is 0 Å². The normalized spacial score (nSPS) is 18.9. The van der Waals surface area contributed by atoms with Crippen LogP contribution in [0.3, 0.4) is 0 Å². The molecule has 0 saturated carbocycles. The Morgan fingerprint density at radius 2 is 2.00 bits per heavy atom. The van der Waals surface area contributed by atoms with E-state index in [1.54, 1.807) is 4.90 Å². The molecule has 0 aromatic rings. The number of carbonyl (C=O) groups is 2. The number of likely N-dealkylation sites (tertiary alicyclic amines) is 1. The van der Waals surface area contributed by atoms with Crippen LogP contribution in [0.15, 0.2) is 0 Å². The van der Waals surface area contributed by atoms with Crippen LogP contribution in [-0.2, 0) is 14.3 Å². The van der Waals surface area contributed by atoms with Crippen LogP contribution in [0.1, 0.15) is 41.0 Å². The molecule has 1 aliphatic rings. The Bertz CT molecular complexity index is 260. The summed E-state index contributed by atoms with van der Waals surface area (Å²) >= 11 is 0. The van der Waals surface area contributed by atoms with E-state index < -0.39 is 5.60 Å². The lowest BCUT2D eigenvalue weighted by Gasteiger charge is -2.24. The van der Waals surface area contributed by atoms with Crippen molar-refractivity contribution in [1.29, 1.82) is 0 Å². The van der Waals surface area contributed by atoms with Gasteiger partial charge in [-0.15, -0.1) is 0 Å². The third-order valence-electron chi connectivity index (χ3n) is 2.20. The van der Waals surface area contributed by atoms with Crippen molar-refractivity contribution in [1.82, 2.24) is 4.90 Å². The summed E-state index contributed by atoms with van der Waals surface area (Å²) in [5.74, 6) is 0. The van der Waals surface area contributed by atoms with Crippen LogP contribution in [0.5, 0.6) is 0 Å². The Morgan fingerprint density at radius 1 is 1.39 bits per heavy atom. The Morgan fingerprint density at radius 3 is 2.50 bits per heavy atom. The van der Waals surface area contributed by atoms with Crippen LogP contribution in [-0.4, -0.2) is 48.7 Å². The molecule has 0 aliphatic carbocycles. The van der Waals surface area contributed by atoms with Gasteiger partial charge in [-0.25, -0.2) is 4.79 Å². The molecule has 5 heteroatoms. The van der Waals surface area contributed by atoms with Crippen molar-refractivity contribution >= 4 is 12.4 Å². The molecular formula is C13H25NO4. The monoisotopic (exact) mass is 259 g/mol. The van der Waals surface area contributed by atoms with Gasteiger partial charge in [0.25, 0.3) is 0 Å². The van der Waals surface area contributed by atoms with Gasteiger partial charge >= 0.3 is 6.09 Å². The predicted octanol–water partition coefficient (Wildman–Crippen LogP) is 2.24. The fourth-order valence-corrected chi connectivity index (χ4v) is 1.53. The largest absolute Gasteiger partial charge is 0.444 e. The Balaban J connectivity index is 0.00000137. The molecule has 0 N–H and O–H groups in total. The van der Waals surface area contributed by atoms with E-state index in [2.05, 4.69) is 0 Å². The maximum absolute atomic E-state index is 11.7. The topological polar surface area (TPSA) is 55.8 Å². The van der Waals surface area contributed by atoms with Gasteiger partial charge in [-0.3, -0.25) is 0 Å². The fraction of sp³-hybridized carbons (Fsp3) is 0.846. The number of nitrogens with zero attached hydrogens (tertiary/aromatic N) is 1. The second-order valence-electron chi connectivity index (χ2n) is 4.84. The minimum atomic E-state index is -0.473. The lowest BCUT2D eigenvalue weighted by molar-refractivity contribution is -0.113. The molecule has 1 saturated heterocycles. The van der Waals surface area contributed by atoms with Crippen molar-refractivity contribution in [3.05, 3.63) is 0 Å². The van der Waals surface area contributed by atoms with E-state index in [1.807, 2.05) is 34.6 Å². The smallest absolute Gasteiger partial charge is 0.410 e. The third-order valence-corrected chi connectivity index (χ3v) is 2.20. The molecule has 0 aromatic carbocycles. The molecule has 18 heavy (non-hydrogen) atoms. The highest BCUT2D eigenvalue weighted by atomic mass is 16.6. The average molecular weight is 259 g/mol. The average Bonchev–Trinajstić information content (AvgIpc) is 2.75. The lowest BCUT2D eigenvalue weighted by atomic mass is 10.2. The molecule has 1 amide bonds. The number of ether oxygens (including phenoxy) is 2. The van der Waals surface area contributed by atoms with E-state index in [9.17, 15) is 9.59 Å². The predicted molar refractivity (Wildman–Crippen MR) is 69.6 cm³/mol. The van der Waals surface area contributed by atoms with Gasteiger partial charge in [-0.1, -0.05) is 13.8 Å². The van der Waals surface area contributed by atoms with Gasteiger partial charge < -0.3 is 19.2 Å². The highest BCUT2D eigenvalue weighted by Crippen LogP contribution is 2.16. The van der Waals surface area contributed by atoms with Crippen LogP contribution in [0.4, 0.5) is 4.79 Å². The summed E-state index contributed by atoms with van der Waals surface area (Å²) in [6.45, 7) is 10.7. The van der Waals surface area contributed by atoms with Crippen LogP contribution >= 0.6 is 0 Å². The lowest BCUT2D eigenvalue weighted by Crippen LogP contribution is -2.36. The number of rotatable bonds is 3. The molecule has 5 nitrogen and oxygen atoms in total. The first kappa shape index (κ1) is 16.9. The SMILES string of the molecule is CC.CC(C)(C)OC(=O)N1CCC(OCC=O)C1. The van der Waals surface area contributed by atoms with Gasteiger partial charge in [0, 0.05) is 6.54 Å². The van der Waals surface area contributed by atoms with Crippen molar-refractivity contribution in [3.63, 3.8) is 0 Å². The number of hydrogen-bond donors (Lipinski definition) is 0. The summed E-state index contributed by atoms with van der Waals surface area (Å²) in [4.78, 5) is 23.4. The summed E-state index contributed by atoms with van der Waals surface area (Å²) in [6.07, 6.45) is 1.12. The Labute approximate surface area is 109 Å². The van der Waals surface area contributed by atoms with Gasteiger partial charge in [-0.05, 0) is 27.2 Å². The van der Waals surface area contributed by atoms with Gasteiger partial charge in [0.15, 0.2) is 0 Å². The Hall–Kier alpha value is -1.10. The molecule has 1 rings (SSSR count).